The Bertz CT molecular complexity index is 272. The SMILES string of the molecule is Cc1cc(CC(C)C)[n+](C)n1C. The lowest BCUT2D eigenvalue weighted by molar-refractivity contribution is -0.758. The van der Waals surface area contributed by atoms with Crippen LogP contribution in [0.15, 0.2) is 6.07 Å². The van der Waals surface area contributed by atoms with Crippen LogP contribution in [-0.4, -0.2) is 4.68 Å². The van der Waals surface area contributed by atoms with Gasteiger partial charge in [0.1, 0.15) is 0 Å². The van der Waals surface area contributed by atoms with E-state index in [1.807, 2.05) is 0 Å². The summed E-state index contributed by atoms with van der Waals surface area (Å²) in [4.78, 5) is 0. The second kappa shape index (κ2) is 3.30. The molecule has 1 heterocycles. The van der Waals surface area contributed by atoms with Gasteiger partial charge in [-0.3, -0.25) is 0 Å². The van der Waals surface area contributed by atoms with E-state index < -0.39 is 0 Å². The normalized spacial score (nSPS) is 11.2. The van der Waals surface area contributed by atoms with Crippen LogP contribution >= 0.6 is 0 Å². The standard InChI is InChI=1S/C10H19N2/c1-8(2)6-10-7-9(3)11(4)12(10)5/h7-8H,6H2,1-5H3/q+1. The van der Waals surface area contributed by atoms with Gasteiger partial charge in [-0.1, -0.05) is 13.8 Å². The smallest absolute Gasteiger partial charge is 0.161 e. The van der Waals surface area contributed by atoms with Gasteiger partial charge in [-0.15, -0.1) is 4.68 Å². The van der Waals surface area contributed by atoms with Gasteiger partial charge in [0.15, 0.2) is 7.05 Å². The first-order valence-corrected chi connectivity index (χ1v) is 4.54. The zero-order valence-corrected chi connectivity index (χ0v) is 8.76. The summed E-state index contributed by atoms with van der Waals surface area (Å²) in [6.45, 7) is 6.65. The van der Waals surface area contributed by atoms with Crippen LogP contribution in [0.5, 0.6) is 0 Å². The van der Waals surface area contributed by atoms with Gasteiger partial charge in [0.2, 0.25) is 5.69 Å². The lowest BCUT2D eigenvalue weighted by Crippen LogP contribution is -2.41. The Hall–Kier alpha value is -0.790. The molecule has 1 rings (SSSR count). The molecule has 0 saturated carbocycles. The number of aryl methyl sites for hydroxylation is 1. The first-order chi connectivity index (χ1) is 5.52. The molecule has 0 N–H and O–H groups in total. The summed E-state index contributed by atoms with van der Waals surface area (Å²) in [7, 11) is 4.21. The minimum Gasteiger partial charge on any atom is -0.161 e. The zero-order chi connectivity index (χ0) is 9.30. The molecule has 0 radical (unpaired) electrons. The minimum atomic E-state index is 0.734. The third-order valence-corrected chi connectivity index (χ3v) is 2.37. The quantitative estimate of drug-likeness (QED) is 0.588. The first kappa shape index (κ1) is 9.30. The van der Waals surface area contributed by atoms with Gasteiger partial charge >= 0.3 is 0 Å². The van der Waals surface area contributed by atoms with Crippen molar-refractivity contribution >= 4 is 0 Å². The van der Waals surface area contributed by atoms with Gasteiger partial charge in [0.25, 0.3) is 0 Å². The van der Waals surface area contributed by atoms with Crippen LogP contribution in [0.4, 0.5) is 0 Å². The molecule has 2 nitrogen and oxygen atoms in total. The molecule has 0 saturated heterocycles. The maximum atomic E-state index is 2.26. The largest absolute Gasteiger partial charge is 0.208 e. The van der Waals surface area contributed by atoms with Crippen LogP contribution in [0, 0.1) is 12.8 Å². The van der Waals surface area contributed by atoms with E-state index in [4.69, 9.17) is 0 Å². The Morgan fingerprint density at radius 3 is 2.42 bits per heavy atom. The fourth-order valence-electron chi connectivity index (χ4n) is 1.47. The van der Waals surface area contributed by atoms with Crippen LogP contribution in [-0.2, 0) is 20.5 Å². The van der Waals surface area contributed by atoms with E-state index in [2.05, 4.69) is 50.3 Å². The van der Waals surface area contributed by atoms with E-state index in [-0.39, 0.29) is 0 Å². The van der Waals surface area contributed by atoms with Crippen molar-refractivity contribution in [1.29, 1.82) is 0 Å². The zero-order valence-electron chi connectivity index (χ0n) is 8.76. The van der Waals surface area contributed by atoms with Crippen LogP contribution in [0.3, 0.4) is 0 Å². The molecule has 0 aliphatic rings. The van der Waals surface area contributed by atoms with E-state index in [1.54, 1.807) is 0 Å². The van der Waals surface area contributed by atoms with Crippen molar-refractivity contribution in [1.82, 2.24) is 4.68 Å². The summed E-state index contributed by atoms with van der Waals surface area (Å²) in [5, 5.41) is 0. The van der Waals surface area contributed by atoms with E-state index in [9.17, 15) is 0 Å². The molecule has 0 fully saturated rings. The average molecular weight is 167 g/mol. The summed E-state index contributed by atoms with van der Waals surface area (Å²) in [6, 6.07) is 2.26. The Morgan fingerprint density at radius 2 is 2.08 bits per heavy atom. The van der Waals surface area contributed by atoms with E-state index in [0.717, 1.165) is 12.3 Å². The van der Waals surface area contributed by atoms with Gasteiger partial charge in [-0.05, 0) is 12.8 Å². The highest BCUT2D eigenvalue weighted by molar-refractivity contribution is 5.03. The van der Waals surface area contributed by atoms with Gasteiger partial charge in [0.05, 0.1) is 12.7 Å². The summed E-state index contributed by atoms with van der Waals surface area (Å²) in [6.07, 6.45) is 1.16. The Morgan fingerprint density at radius 1 is 1.50 bits per heavy atom. The van der Waals surface area contributed by atoms with Crippen molar-refractivity contribution in [2.45, 2.75) is 27.2 Å². The molecule has 68 valence electrons. The van der Waals surface area contributed by atoms with Crippen LogP contribution < -0.4 is 4.68 Å². The van der Waals surface area contributed by atoms with Gasteiger partial charge in [-0.2, -0.15) is 4.68 Å². The van der Waals surface area contributed by atoms with Crippen molar-refractivity contribution in [2.24, 2.45) is 20.0 Å². The van der Waals surface area contributed by atoms with Gasteiger partial charge in [0, 0.05) is 12.5 Å². The number of hydrogen-bond donors (Lipinski definition) is 0. The molecule has 1 aromatic heterocycles. The van der Waals surface area contributed by atoms with Crippen molar-refractivity contribution in [3.8, 4) is 0 Å². The minimum absolute atomic E-state index is 0.734. The van der Waals surface area contributed by atoms with Crippen molar-refractivity contribution in [3.05, 3.63) is 17.5 Å². The Balaban J connectivity index is 2.93. The molecule has 0 amide bonds. The molecule has 12 heavy (non-hydrogen) atoms. The predicted octanol–water partition coefficient (Wildman–Crippen LogP) is 1.36. The van der Waals surface area contributed by atoms with Gasteiger partial charge in [-0.25, -0.2) is 0 Å². The molecular weight excluding hydrogens is 148 g/mol. The second-order valence-electron chi connectivity index (χ2n) is 3.92. The third-order valence-electron chi connectivity index (χ3n) is 2.37. The molecular formula is C10H19N2+. The first-order valence-electron chi connectivity index (χ1n) is 4.54. The average Bonchev–Trinajstić information content (AvgIpc) is 2.17. The highest BCUT2D eigenvalue weighted by Gasteiger charge is 2.14. The highest BCUT2D eigenvalue weighted by Crippen LogP contribution is 2.05. The van der Waals surface area contributed by atoms with Crippen LogP contribution in [0.25, 0.3) is 0 Å². The molecule has 0 spiro atoms. The number of aromatic nitrogens is 2. The summed E-state index contributed by atoms with van der Waals surface area (Å²) in [5.41, 5.74) is 2.75. The fraction of sp³-hybridized carbons (Fsp3) is 0.700. The third kappa shape index (κ3) is 1.68. The molecule has 0 aromatic carbocycles. The summed E-state index contributed by atoms with van der Waals surface area (Å²) >= 11 is 0. The molecule has 0 aliphatic carbocycles. The van der Waals surface area contributed by atoms with Crippen LogP contribution in [0.2, 0.25) is 0 Å². The van der Waals surface area contributed by atoms with Crippen molar-refractivity contribution in [3.63, 3.8) is 0 Å². The van der Waals surface area contributed by atoms with E-state index >= 15 is 0 Å². The highest BCUT2D eigenvalue weighted by atomic mass is 15.4. The monoisotopic (exact) mass is 167 g/mol. The Kier molecular flexibility index (Phi) is 2.55. The number of hydrogen-bond acceptors (Lipinski definition) is 0. The topological polar surface area (TPSA) is 8.81 Å². The lowest BCUT2D eigenvalue weighted by Gasteiger charge is -1.98. The second-order valence-corrected chi connectivity index (χ2v) is 3.92. The summed E-state index contributed by atoms with van der Waals surface area (Å²) in [5.74, 6) is 0.734. The molecule has 0 unspecified atom stereocenters. The Labute approximate surface area is 74.8 Å². The van der Waals surface area contributed by atoms with Gasteiger partial charge < -0.3 is 0 Å². The predicted molar refractivity (Wildman–Crippen MR) is 49.9 cm³/mol. The fourth-order valence-corrected chi connectivity index (χ4v) is 1.47. The molecule has 0 atom stereocenters. The van der Waals surface area contributed by atoms with Crippen LogP contribution in [0.1, 0.15) is 25.2 Å². The number of nitrogens with zero attached hydrogens (tertiary/aromatic N) is 2. The van der Waals surface area contributed by atoms with Crippen molar-refractivity contribution in [2.75, 3.05) is 0 Å². The molecule has 0 bridgehead atoms. The van der Waals surface area contributed by atoms with E-state index in [1.165, 1.54) is 11.4 Å². The number of rotatable bonds is 2. The maximum absolute atomic E-state index is 2.26. The molecule has 0 aliphatic heterocycles. The van der Waals surface area contributed by atoms with E-state index in [0.29, 0.717) is 0 Å². The van der Waals surface area contributed by atoms with Crippen molar-refractivity contribution < 1.29 is 4.68 Å². The summed E-state index contributed by atoms with van der Waals surface area (Å²) < 4.78 is 4.40. The lowest BCUT2D eigenvalue weighted by atomic mass is 10.1. The molecule has 1 aromatic rings. The maximum Gasteiger partial charge on any atom is 0.208 e. The molecule has 2 heteroatoms.